The maximum absolute atomic E-state index is 5.42. The number of methoxy groups -OCH3 is 1. The van der Waals surface area contributed by atoms with Crippen LogP contribution in [0.4, 0.5) is 0 Å². The van der Waals surface area contributed by atoms with Gasteiger partial charge in [-0.15, -0.1) is 0 Å². The minimum atomic E-state index is 0.494. The van der Waals surface area contributed by atoms with Crippen molar-refractivity contribution in [3.05, 3.63) is 29.3 Å². The van der Waals surface area contributed by atoms with Gasteiger partial charge in [-0.3, -0.25) is 0 Å². The average molecular weight is 299 g/mol. The van der Waals surface area contributed by atoms with Gasteiger partial charge in [0.25, 0.3) is 0 Å². The van der Waals surface area contributed by atoms with E-state index in [0.29, 0.717) is 17.8 Å². The first-order valence-corrected chi connectivity index (χ1v) is 7.37. The number of benzene rings is 1. The molecule has 0 N–H and O–H groups in total. The highest BCUT2D eigenvalue weighted by molar-refractivity contribution is 9.09. The van der Waals surface area contributed by atoms with E-state index in [4.69, 9.17) is 4.74 Å². The predicted octanol–water partition coefficient (Wildman–Crippen LogP) is 4.95. The quantitative estimate of drug-likeness (QED) is 0.699. The Labute approximate surface area is 114 Å². The van der Waals surface area contributed by atoms with E-state index in [2.05, 4.69) is 61.8 Å². The summed E-state index contributed by atoms with van der Waals surface area (Å²) in [5.74, 6) is 2.70. The standard InChI is InChI=1S/C15H23BrO/c1-10(2)13-8-12(6-7-15(13)17-5)14(9-16)11(3)4/h6-8,10-11,14H,9H2,1-5H3. The molecule has 0 radical (unpaired) electrons. The molecule has 0 fully saturated rings. The lowest BCUT2D eigenvalue weighted by atomic mass is 9.87. The Morgan fingerprint density at radius 2 is 1.82 bits per heavy atom. The maximum Gasteiger partial charge on any atom is 0.122 e. The van der Waals surface area contributed by atoms with Crippen LogP contribution in [-0.4, -0.2) is 12.4 Å². The number of hydrogen-bond acceptors (Lipinski definition) is 1. The van der Waals surface area contributed by atoms with Gasteiger partial charge in [-0.05, 0) is 34.9 Å². The largest absolute Gasteiger partial charge is 0.496 e. The topological polar surface area (TPSA) is 9.23 Å². The van der Waals surface area contributed by atoms with Crippen molar-refractivity contribution in [1.82, 2.24) is 0 Å². The second kappa shape index (κ2) is 6.44. The summed E-state index contributed by atoms with van der Waals surface area (Å²) in [7, 11) is 1.74. The van der Waals surface area contributed by atoms with Crippen molar-refractivity contribution in [2.45, 2.75) is 39.5 Å². The molecule has 0 aliphatic heterocycles. The highest BCUT2D eigenvalue weighted by atomic mass is 79.9. The highest BCUT2D eigenvalue weighted by Crippen LogP contribution is 2.33. The van der Waals surface area contributed by atoms with Crippen LogP contribution in [0.2, 0.25) is 0 Å². The molecule has 0 bridgehead atoms. The Bertz CT molecular complexity index is 358. The van der Waals surface area contributed by atoms with Gasteiger partial charge in [0.1, 0.15) is 5.75 Å². The minimum Gasteiger partial charge on any atom is -0.496 e. The average Bonchev–Trinajstić information content (AvgIpc) is 2.29. The molecule has 0 spiro atoms. The van der Waals surface area contributed by atoms with Crippen molar-refractivity contribution in [3.63, 3.8) is 0 Å². The first-order valence-electron chi connectivity index (χ1n) is 6.25. The molecule has 0 aliphatic rings. The van der Waals surface area contributed by atoms with Crippen molar-refractivity contribution >= 4 is 15.9 Å². The summed E-state index contributed by atoms with van der Waals surface area (Å²) in [6.45, 7) is 8.96. The summed E-state index contributed by atoms with van der Waals surface area (Å²) in [5.41, 5.74) is 2.71. The van der Waals surface area contributed by atoms with Gasteiger partial charge in [-0.2, -0.15) is 0 Å². The molecule has 0 aromatic heterocycles. The summed E-state index contributed by atoms with van der Waals surface area (Å²) < 4.78 is 5.42. The van der Waals surface area contributed by atoms with E-state index in [-0.39, 0.29) is 0 Å². The molecule has 0 amide bonds. The van der Waals surface area contributed by atoms with Crippen molar-refractivity contribution in [2.24, 2.45) is 5.92 Å². The molecule has 96 valence electrons. The molecule has 2 heteroatoms. The first-order chi connectivity index (χ1) is 8.01. The number of ether oxygens (including phenoxy) is 1. The highest BCUT2D eigenvalue weighted by Gasteiger charge is 2.17. The molecule has 0 saturated heterocycles. The fourth-order valence-electron chi connectivity index (χ4n) is 2.09. The van der Waals surface area contributed by atoms with E-state index in [9.17, 15) is 0 Å². The van der Waals surface area contributed by atoms with Gasteiger partial charge in [0, 0.05) is 5.33 Å². The van der Waals surface area contributed by atoms with Crippen molar-refractivity contribution < 1.29 is 4.74 Å². The van der Waals surface area contributed by atoms with Crippen LogP contribution in [0.1, 0.15) is 50.7 Å². The van der Waals surface area contributed by atoms with E-state index >= 15 is 0 Å². The van der Waals surface area contributed by atoms with E-state index in [1.165, 1.54) is 11.1 Å². The monoisotopic (exact) mass is 298 g/mol. The van der Waals surface area contributed by atoms with Gasteiger partial charge in [0.2, 0.25) is 0 Å². The molecule has 1 aromatic rings. The fourth-order valence-corrected chi connectivity index (χ4v) is 3.21. The molecule has 1 atom stereocenters. The SMILES string of the molecule is COc1ccc(C(CBr)C(C)C)cc1C(C)C. The molecule has 0 aliphatic carbocycles. The number of rotatable bonds is 5. The summed E-state index contributed by atoms with van der Waals surface area (Å²) >= 11 is 3.62. The van der Waals surface area contributed by atoms with Crippen LogP contribution in [-0.2, 0) is 0 Å². The Balaban J connectivity index is 3.15. The maximum atomic E-state index is 5.42. The van der Waals surface area contributed by atoms with E-state index < -0.39 is 0 Å². The minimum absolute atomic E-state index is 0.494. The Morgan fingerprint density at radius 1 is 1.18 bits per heavy atom. The van der Waals surface area contributed by atoms with E-state index in [0.717, 1.165) is 11.1 Å². The second-order valence-corrected chi connectivity index (χ2v) is 5.81. The zero-order valence-electron chi connectivity index (χ0n) is 11.5. The lowest BCUT2D eigenvalue weighted by molar-refractivity contribution is 0.407. The second-order valence-electron chi connectivity index (χ2n) is 5.16. The third-order valence-corrected chi connectivity index (χ3v) is 3.97. The van der Waals surface area contributed by atoms with Gasteiger partial charge >= 0.3 is 0 Å². The van der Waals surface area contributed by atoms with Crippen LogP contribution in [0.3, 0.4) is 0 Å². The molecule has 0 heterocycles. The Hall–Kier alpha value is -0.500. The van der Waals surface area contributed by atoms with Crippen LogP contribution >= 0.6 is 15.9 Å². The number of alkyl halides is 1. The van der Waals surface area contributed by atoms with Crippen LogP contribution in [0.25, 0.3) is 0 Å². The van der Waals surface area contributed by atoms with Crippen LogP contribution in [0.15, 0.2) is 18.2 Å². The van der Waals surface area contributed by atoms with Crippen LogP contribution in [0.5, 0.6) is 5.75 Å². The Morgan fingerprint density at radius 3 is 2.24 bits per heavy atom. The van der Waals surface area contributed by atoms with Crippen molar-refractivity contribution in [1.29, 1.82) is 0 Å². The number of halogens is 1. The van der Waals surface area contributed by atoms with Crippen LogP contribution in [0, 0.1) is 5.92 Å². The third-order valence-electron chi connectivity index (χ3n) is 3.27. The summed E-state index contributed by atoms with van der Waals surface area (Å²) in [6.07, 6.45) is 0. The Kier molecular flexibility index (Phi) is 5.51. The molecule has 1 nitrogen and oxygen atoms in total. The van der Waals surface area contributed by atoms with Crippen molar-refractivity contribution in [3.8, 4) is 5.75 Å². The third kappa shape index (κ3) is 3.48. The first kappa shape index (κ1) is 14.6. The predicted molar refractivity (Wildman–Crippen MR) is 78.5 cm³/mol. The van der Waals surface area contributed by atoms with Crippen molar-refractivity contribution in [2.75, 3.05) is 12.4 Å². The molecule has 1 aromatic carbocycles. The van der Waals surface area contributed by atoms with Crippen LogP contribution < -0.4 is 4.74 Å². The normalized spacial score (nSPS) is 13.2. The smallest absolute Gasteiger partial charge is 0.122 e. The number of hydrogen-bond donors (Lipinski definition) is 0. The zero-order chi connectivity index (χ0) is 13.0. The lowest BCUT2D eigenvalue weighted by Crippen LogP contribution is -2.09. The van der Waals surface area contributed by atoms with E-state index in [1.54, 1.807) is 7.11 Å². The molecular formula is C15H23BrO. The summed E-state index contributed by atoms with van der Waals surface area (Å²) in [4.78, 5) is 0. The fraction of sp³-hybridized carbons (Fsp3) is 0.600. The van der Waals surface area contributed by atoms with Gasteiger partial charge in [-0.25, -0.2) is 0 Å². The summed E-state index contributed by atoms with van der Waals surface area (Å²) in [5, 5.41) is 1.01. The molecule has 1 unspecified atom stereocenters. The van der Waals surface area contributed by atoms with Gasteiger partial charge in [0.15, 0.2) is 0 Å². The lowest BCUT2D eigenvalue weighted by Gasteiger charge is -2.21. The van der Waals surface area contributed by atoms with Gasteiger partial charge < -0.3 is 4.74 Å². The van der Waals surface area contributed by atoms with Gasteiger partial charge in [-0.1, -0.05) is 55.8 Å². The molecule has 0 saturated carbocycles. The van der Waals surface area contributed by atoms with E-state index in [1.807, 2.05) is 0 Å². The summed E-state index contributed by atoms with van der Waals surface area (Å²) in [6, 6.07) is 6.59. The molecule has 17 heavy (non-hydrogen) atoms. The van der Waals surface area contributed by atoms with Gasteiger partial charge in [0.05, 0.1) is 7.11 Å². The molecular weight excluding hydrogens is 276 g/mol. The zero-order valence-corrected chi connectivity index (χ0v) is 13.0. The molecule has 1 rings (SSSR count).